The van der Waals surface area contributed by atoms with Crippen LogP contribution in [0.2, 0.25) is 0 Å². The summed E-state index contributed by atoms with van der Waals surface area (Å²) in [6.45, 7) is 2.05. The molecule has 0 atom stereocenters. The van der Waals surface area contributed by atoms with E-state index in [0.29, 0.717) is 17.9 Å². The Morgan fingerprint density at radius 2 is 1.93 bits per heavy atom. The topological polar surface area (TPSA) is 55.6 Å². The van der Waals surface area contributed by atoms with Gasteiger partial charge in [0.15, 0.2) is 0 Å². The molecular weight excluding hydrogens is 374 g/mol. The summed E-state index contributed by atoms with van der Waals surface area (Å²) >= 11 is 0. The monoisotopic (exact) mass is 399 g/mol. The molecule has 30 heavy (non-hydrogen) atoms. The van der Waals surface area contributed by atoms with E-state index in [2.05, 4.69) is 17.4 Å². The van der Waals surface area contributed by atoms with E-state index in [0.717, 1.165) is 35.3 Å². The summed E-state index contributed by atoms with van der Waals surface area (Å²) in [6.07, 6.45) is 6.12. The Morgan fingerprint density at radius 3 is 2.73 bits per heavy atom. The summed E-state index contributed by atoms with van der Waals surface area (Å²) in [5, 5.41) is 3.00. The number of anilines is 1. The number of methoxy groups -OCH3 is 1. The van der Waals surface area contributed by atoms with Gasteiger partial charge in [0.05, 0.1) is 18.5 Å². The Morgan fingerprint density at radius 1 is 1.10 bits per heavy atom. The Kier molecular flexibility index (Phi) is 5.80. The molecule has 4 aromatic rings. The van der Waals surface area contributed by atoms with Crippen LogP contribution >= 0.6 is 0 Å². The van der Waals surface area contributed by atoms with Gasteiger partial charge in [0.25, 0.3) is 0 Å². The number of nitrogens with one attached hydrogen (secondary N) is 1. The number of aromatic nitrogens is 2. The molecule has 0 spiro atoms. The van der Waals surface area contributed by atoms with Crippen LogP contribution in [0, 0.1) is 6.92 Å². The summed E-state index contributed by atoms with van der Waals surface area (Å²) in [5.41, 5.74) is 5.74. The molecule has 0 aliphatic rings. The summed E-state index contributed by atoms with van der Waals surface area (Å²) in [5.74, 6) is 0.613. The van der Waals surface area contributed by atoms with Crippen LogP contribution < -0.4 is 10.1 Å². The number of fused-ring (bicyclic) bond motifs is 1. The molecule has 0 saturated carbocycles. The lowest BCUT2D eigenvalue weighted by molar-refractivity contribution is -0.116. The highest BCUT2D eigenvalue weighted by molar-refractivity contribution is 5.93. The lowest BCUT2D eigenvalue weighted by Gasteiger charge is -2.11. The number of pyridine rings is 1. The Hall–Kier alpha value is -3.60. The molecule has 0 unspecified atom stereocenters. The minimum absolute atomic E-state index is 0.0213. The highest BCUT2D eigenvalue weighted by atomic mass is 16.5. The van der Waals surface area contributed by atoms with E-state index in [1.54, 1.807) is 7.11 Å². The summed E-state index contributed by atoms with van der Waals surface area (Å²) < 4.78 is 7.44. The molecule has 2 aromatic carbocycles. The van der Waals surface area contributed by atoms with Crippen molar-refractivity contribution in [3.8, 4) is 17.0 Å². The molecule has 1 N–H and O–H groups in total. The Bertz CT molecular complexity index is 1170. The van der Waals surface area contributed by atoms with Gasteiger partial charge in [-0.2, -0.15) is 0 Å². The lowest BCUT2D eigenvalue weighted by Crippen LogP contribution is -2.12. The summed E-state index contributed by atoms with van der Waals surface area (Å²) in [4.78, 5) is 17.2. The third kappa shape index (κ3) is 4.51. The van der Waals surface area contributed by atoms with Crippen LogP contribution in [0.1, 0.15) is 24.0 Å². The van der Waals surface area contributed by atoms with Gasteiger partial charge in [-0.25, -0.2) is 4.98 Å². The molecule has 0 bridgehead atoms. The standard InChI is InChI=1S/C25H25N3O2/c1-18-13-14-28-17-22(26-24(28)15-18)20-11-12-23(30-2)21(16-20)27-25(29)10-6-9-19-7-4-3-5-8-19/h3-5,7-8,11-17H,6,9-10H2,1-2H3,(H,27,29). The zero-order valence-corrected chi connectivity index (χ0v) is 17.3. The number of aryl methyl sites for hydroxylation is 2. The number of hydrogen-bond acceptors (Lipinski definition) is 3. The highest BCUT2D eigenvalue weighted by Gasteiger charge is 2.12. The Labute approximate surface area is 176 Å². The maximum absolute atomic E-state index is 12.5. The van der Waals surface area contributed by atoms with Gasteiger partial charge in [-0.3, -0.25) is 4.79 Å². The van der Waals surface area contributed by atoms with Crippen LogP contribution in [0.25, 0.3) is 16.9 Å². The number of rotatable bonds is 7. The van der Waals surface area contributed by atoms with Gasteiger partial charge in [-0.15, -0.1) is 0 Å². The van der Waals surface area contributed by atoms with Crippen LogP contribution in [-0.4, -0.2) is 22.4 Å². The van der Waals surface area contributed by atoms with Crippen LogP contribution in [0.15, 0.2) is 73.1 Å². The predicted molar refractivity (Wildman–Crippen MR) is 120 cm³/mol. The van der Waals surface area contributed by atoms with Gasteiger partial charge in [0.1, 0.15) is 11.4 Å². The molecule has 1 amide bonds. The molecule has 0 radical (unpaired) electrons. The third-order valence-corrected chi connectivity index (χ3v) is 5.10. The van der Waals surface area contributed by atoms with E-state index < -0.39 is 0 Å². The molecule has 0 aliphatic heterocycles. The van der Waals surface area contributed by atoms with Gasteiger partial charge in [-0.05, 0) is 61.2 Å². The van der Waals surface area contributed by atoms with Gasteiger partial charge in [0, 0.05) is 24.4 Å². The number of imidazole rings is 1. The van der Waals surface area contributed by atoms with Crippen LogP contribution in [-0.2, 0) is 11.2 Å². The first kappa shape index (κ1) is 19.7. The second-order valence-corrected chi connectivity index (χ2v) is 7.40. The average Bonchev–Trinajstić information content (AvgIpc) is 3.17. The predicted octanol–water partition coefficient (Wildman–Crippen LogP) is 5.28. The summed E-state index contributed by atoms with van der Waals surface area (Å²) in [7, 11) is 1.60. The normalized spacial score (nSPS) is 10.9. The highest BCUT2D eigenvalue weighted by Crippen LogP contribution is 2.30. The van der Waals surface area contributed by atoms with E-state index in [1.165, 1.54) is 5.56 Å². The van der Waals surface area contributed by atoms with Gasteiger partial charge >= 0.3 is 0 Å². The van der Waals surface area contributed by atoms with E-state index in [4.69, 9.17) is 9.72 Å². The van der Waals surface area contributed by atoms with E-state index >= 15 is 0 Å². The molecule has 152 valence electrons. The number of carbonyl (C=O) groups excluding carboxylic acids is 1. The lowest BCUT2D eigenvalue weighted by atomic mass is 10.1. The zero-order chi connectivity index (χ0) is 20.9. The molecule has 0 saturated heterocycles. The zero-order valence-electron chi connectivity index (χ0n) is 17.3. The SMILES string of the molecule is COc1ccc(-c2cn3ccc(C)cc3n2)cc1NC(=O)CCCc1ccccc1. The minimum atomic E-state index is -0.0213. The molecule has 2 aromatic heterocycles. The van der Waals surface area contributed by atoms with Crippen molar-refractivity contribution in [2.24, 2.45) is 0 Å². The van der Waals surface area contributed by atoms with E-state index in [9.17, 15) is 4.79 Å². The number of nitrogens with zero attached hydrogens (tertiary/aromatic N) is 2. The fourth-order valence-electron chi connectivity index (χ4n) is 3.50. The molecule has 0 fully saturated rings. The number of benzene rings is 2. The quantitative estimate of drug-likeness (QED) is 0.460. The maximum Gasteiger partial charge on any atom is 0.224 e. The van der Waals surface area contributed by atoms with E-state index in [-0.39, 0.29) is 5.91 Å². The van der Waals surface area contributed by atoms with Crippen molar-refractivity contribution >= 4 is 17.2 Å². The van der Waals surface area contributed by atoms with Crippen LogP contribution in [0.3, 0.4) is 0 Å². The van der Waals surface area contributed by atoms with Gasteiger partial charge < -0.3 is 14.5 Å². The second-order valence-electron chi connectivity index (χ2n) is 7.40. The number of carbonyl (C=O) groups is 1. The van der Waals surface area contributed by atoms with Crippen LogP contribution in [0.5, 0.6) is 5.75 Å². The summed E-state index contributed by atoms with van der Waals surface area (Å²) in [6, 6.07) is 20.0. The van der Waals surface area contributed by atoms with Crippen molar-refractivity contribution in [2.45, 2.75) is 26.2 Å². The van der Waals surface area contributed by atoms with Gasteiger partial charge in [0.2, 0.25) is 5.91 Å². The number of ether oxygens (including phenoxy) is 1. The van der Waals surface area contributed by atoms with Crippen molar-refractivity contribution < 1.29 is 9.53 Å². The second kappa shape index (κ2) is 8.82. The van der Waals surface area contributed by atoms with Crippen molar-refractivity contribution in [1.82, 2.24) is 9.38 Å². The molecule has 4 rings (SSSR count). The fraction of sp³-hybridized carbons (Fsp3) is 0.200. The van der Waals surface area contributed by atoms with Crippen molar-refractivity contribution in [1.29, 1.82) is 0 Å². The Balaban J connectivity index is 1.48. The first-order chi connectivity index (χ1) is 14.6. The van der Waals surface area contributed by atoms with Crippen molar-refractivity contribution in [3.05, 3.63) is 84.2 Å². The van der Waals surface area contributed by atoms with E-state index in [1.807, 2.05) is 72.2 Å². The number of amides is 1. The third-order valence-electron chi connectivity index (χ3n) is 5.10. The molecule has 0 aliphatic carbocycles. The smallest absolute Gasteiger partial charge is 0.224 e. The minimum Gasteiger partial charge on any atom is -0.495 e. The molecule has 2 heterocycles. The largest absolute Gasteiger partial charge is 0.495 e. The number of hydrogen-bond donors (Lipinski definition) is 1. The molecule has 5 nitrogen and oxygen atoms in total. The van der Waals surface area contributed by atoms with Crippen molar-refractivity contribution in [2.75, 3.05) is 12.4 Å². The first-order valence-corrected chi connectivity index (χ1v) is 10.1. The fourth-order valence-corrected chi connectivity index (χ4v) is 3.50. The molecule has 5 heteroatoms. The average molecular weight is 399 g/mol. The van der Waals surface area contributed by atoms with Gasteiger partial charge in [-0.1, -0.05) is 30.3 Å². The first-order valence-electron chi connectivity index (χ1n) is 10.1. The van der Waals surface area contributed by atoms with Crippen LogP contribution in [0.4, 0.5) is 5.69 Å². The maximum atomic E-state index is 12.5. The molecular formula is C25H25N3O2. The van der Waals surface area contributed by atoms with Crippen molar-refractivity contribution in [3.63, 3.8) is 0 Å².